The van der Waals surface area contributed by atoms with Crippen LogP contribution in [0.1, 0.15) is 18.4 Å². The molecule has 0 aromatic heterocycles. The van der Waals surface area contributed by atoms with Gasteiger partial charge in [0.2, 0.25) is 11.8 Å². The Hall–Kier alpha value is -1.36. The molecule has 1 aliphatic rings. The molecule has 1 aliphatic heterocycles. The van der Waals surface area contributed by atoms with Crippen molar-refractivity contribution in [2.24, 2.45) is 0 Å². The Balaban J connectivity index is 2.07. The molecule has 0 saturated carbocycles. The highest BCUT2D eigenvalue weighted by Crippen LogP contribution is 2.24. The SMILES string of the molecule is Cc1ccc(Br)c(NC(=O)[C@H]2CCC(=O)N2)c1. The van der Waals surface area contributed by atoms with E-state index in [0.717, 1.165) is 15.7 Å². The van der Waals surface area contributed by atoms with Crippen LogP contribution in [-0.2, 0) is 9.59 Å². The summed E-state index contributed by atoms with van der Waals surface area (Å²) < 4.78 is 0.834. The van der Waals surface area contributed by atoms with Crippen LogP contribution in [0, 0.1) is 6.92 Å². The number of aryl methyl sites for hydroxylation is 1. The minimum Gasteiger partial charge on any atom is -0.344 e. The monoisotopic (exact) mass is 296 g/mol. The third-order valence-electron chi connectivity index (χ3n) is 2.69. The summed E-state index contributed by atoms with van der Waals surface area (Å²) in [4.78, 5) is 22.9. The molecule has 2 N–H and O–H groups in total. The van der Waals surface area contributed by atoms with Gasteiger partial charge in [-0.3, -0.25) is 9.59 Å². The number of hydrogen-bond donors (Lipinski definition) is 2. The maximum atomic E-state index is 11.9. The van der Waals surface area contributed by atoms with Crippen LogP contribution in [0.15, 0.2) is 22.7 Å². The largest absolute Gasteiger partial charge is 0.344 e. The van der Waals surface area contributed by atoms with E-state index in [1.165, 1.54) is 0 Å². The number of benzene rings is 1. The minimum atomic E-state index is -0.407. The van der Waals surface area contributed by atoms with Crippen molar-refractivity contribution < 1.29 is 9.59 Å². The van der Waals surface area contributed by atoms with E-state index >= 15 is 0 Å². The first-order valence-electron chi connectivity index (χ1n) is 5.42. The van der Waals surface area contributed by atoms with Gasteiger partial charge in [0.15, 0.2) is 0 Å². The van der Waals surface area contributed by atoms with Crippen molar-refractivity contribution in [2.45, 2.75) is 25.8 Å². The summed E-state index contributed by atoms with van der Waals surface area (Å²) in [6.45, 7) is 1.96. The second-order valence-electron chi connectivity index (χ2n) is 4.13. The number of hydrogen-bond acceptors (Lipinski definition) is 2. The van der Waals surface area contributed by atoms with E-state index in [0.29, 0.717) is 12.8 Å². The molecular weight excluding hydrogens is 284 g/mol. The molecule has 0 unspecified atom stereocenters. The second-order valence-corrected chi connectivity index (χ2v) is 4.99. The van der Waals surface area contributed by atoms with Crippen LogP contribution in [0.25, 0.3) is 0 Å². The highest BCUT2D eigenvalue weighted by Gasteiger charge is 2.27. The Labute approximate surface area is 108 Å². The highest BCUT2D eigenvalue weighted by molar-refractivity contribution is 9.10. The first kappa shape index (κ1) is 12.1. The molecule has 1 aromatic rings. The van der Waals surface area contributed by atoms with Gasteiger partial charge in [-0.25, -0.2) is 0 Å². The molecule has 4 nitrogen and oxygen atoms in total. The van der Waals surface area contributed by atoms with Gasteiger partial charge in [0.25, 0.3) is 0 Å². The summed E-state index contributed by atoms with van der Waals surface area (Å²) in [6, 6.07) is 5.32. The molecule has 1 heterocycles. The summed E-state index contributed by atoms with van der Waals surface area (Å²) in [6.07, 6.45) is 0.987. The first-order chi connectivity index (χ1) is 8.06. The van der Waals surface area contributed by atoms with Crippen LogP contribution in [0.3, 0.4) is 0 Å². The van der Waals surface area contributed by atoms with Gasteiger partial charge in [0.1, 0.15) is 6.04 Å². The fraction of sp³-hybridized carbons (Fsp3) is 0.333. The second kappa shape index (κ2) is 4.87. The smallest absolute Gasteiger partial charge is 0.246 e. The van der Waals surface area contributed by atoms with Crippen molar-refractivity contribution in [3.05, 3.63) is 28.2 Å². The van der Waals surface area contributed by atoms with Gasteiger partial charge in [-0.15, -0.1) is 0 Å². The molecule has 1 atom stereocenters. The van der Waals surface area contributed by atoms with Crippen LogP contribution in [0.5, 0.6) is 0 Å². The van der Waals surface area contributed by atoms with Gasteiger partial charge in [0, 0.05) is 10.9 Å². The maximum absolute atomic E-state index is 11.9. The van der Waals surface area contributed by atoms with Gasteiger partial charge in [0.05, 0.1) is 5.69 Å². The number of rotatable bonds is 2. The predicted octanol–water partition coefficient (Wildman–Crippen LogP) is 1.97. The zero-order valence-corrected chi connectivity index (χ0v) is 11.0. The average molecular weight is 297 g/mol. The predicted molar refractivity (Wildman–Crippen MR) is 68.7 cm³/mol. The Morgan fingerprint density at radius 1 is 1.53 bits per heavy atom. The van der Waals surface area contributed by atoms with Crippen LogP contribution >= 0.6 is 15.9 Å². The molecule has 0 spiro atoms. The minimum absolute atomic E-state index is 0.0616. The molecule has 2 rings (SSSR count). The van der Waals surface area contributed by atoms with E-state index in [2.05, 4.69) is 26.6 Å². The lowest BCUT2D eigenvalue weighted by Gasteiger charge is -2.12. The lowest BCUT2D eigenvalue weighted by atomic mass is 10.2. The van der Waals surface area contributed by atoms with Crippen molar-refractivity contribution in [1.29, 1.82) is 0 Å². The van der Waals surface area contributed by atoms with Crippen molar-refractivity contribution in [3.8, 4) is 0 Å². The van der Waals surface area contributed by atoms with E-state index in [-0.39, 0.29) is 11.8 Å². The summed E-state index contributed by atoms with van der Waals surface area (Å²) in [5.74, 6) is -0.226. The average Bonchev–Trinajstić information content (AvgIpc) is 2.70. The maximum Gasteiger partial charge on any atom is 0.246 e. The summed E-state index contributed by atoms with van der Waals surface area (Å²) in [5.41, 5.74) is 1.80. The highest BCUT2D eigenvalue weighted by atomic mass is 79.9. The van der Waals surface area contributed by atoms with Gasteiger partial charge in [-0.1, -0.05) is 6.07 Å². The van der Waals surface area contributed by atoms with Gasteiger partial charge >= 0.3 is 0 Å². The normalized spacial score (nSPS) is 18.9. The summed E-state index contributed by atoms with van der Waals surface area (Å²) >= 11 is 3.38. The lowest BCUT2D eigenvalue weighted by Crippen LogP contribution is -2.37. The fourth-order valence-electron chi connectivity index (χ4n) is 1.77. The Morgan fingerprint density at radius 3 is 2.94 bits per heavy atom. The molecule has 0 bridgehead atoms. The van der Waals surface area contributed by atoms with E-state index in [9.17, 15) is 9.59 Å². The van der Waals surface area contributed by atoms with Gasteiger partial charge in [-0.05, 0) is 47.0 Å². The van der Waals surface area contributed by atoms with Crippen LogP contribution in [-0.4, -0.2) is 17.9 Å². The summed E-state index contributed by atoms with van der Waals surface area (Å²) in [7, 11) is 0. The number of halogens is 1. The van der Waals surface area contributed by atoms with E-state index in [1.807, 2.05) is 25.1 Å². The third-order valence-corrected chi connectivity index (χ3v) is 3.38. The van der Waals surface area contributed by atoms with Gasteiger partial charge in [-0.2, -0.15) is 0 Å². The zero-order valence-electron chi connectivity index (χ0n) is 9.42. The standard InChI is InChI=1S/C12H13BrN2O2/c1-7-2-3-8(13)10(6-7)15-12(17)9-4-5-11(16)14-9/h2-3,6,9H,4-5H2,1H3,(H,14,16)(H,15,17)/t9-/m1/s1. The van der Waals surface area contributed by atoms with Gasteiger partial charge < -0.3 is 10.6 Å². The number of nitrogens with one attached hydrogen (secondary N) is 2. The molecule has 0 aliphatic carbocycles. The third kappa shape index (κ3) is 2.85. The molecule has 1 aromatic carbocycles. The van der Waals surface area contributed by atoms with Crippen LogP contribution in [0.2, 0.25) is 0 Å². The van der Waals surface area contributed by atoms with Crippen LogP contribution in [0.4, 0.5) is 5.69 Å². The van der Waals surface area contributed by atoms with Crippen molar-refractivity contribution in [2.75, 3.05) is 5.32 Å². The number of carbonyl (C=O) groups is 2. The van der Waals surface area contributed by atoms with Crippen molar-refractivity contribution in [3.63, 3.8) is 0 Å². The molecule has 1 saturated heterocycles. The Bertz CT molecular complexity index is 474. The Kier molecular flexibility index (Phi) is 3.47. The molecule has 2 amide bonds. The summed E-state index contributed by atoms with van der Waals surface area (Å²) in [5, 5.41) is 5.45. The topological polar surface area (TPSA) is 58.2 Å². The number of carbonyl (C=O) groups excluding carboxylic acids is 2. The quantitative estimate of drug-likeness (QED) is 0.877. The lowest BCUT2D eigenvalue weighted by molar-refractivity contribution is -0.122. The fourth-order valence-corrected chi connectivity index (χ4v) is 2.11. The zero-order chi connectivity index (χ0) is 12.4. The van der Waals surface area contributed by atoms with Crippen molar-refractivity contribution >= 4 is 33.4 Å². The number of anilines is 1. The molecule has 5 heteroatoms. The van der Waals surface area contributed by atoms with E-state index in [4.69, 9.17) is 0 Å². The van der Waals surface area contributed by atoms with Crippen LogP contribution < -0.4 is 10.6 Å². The van der Waals surface area contributed by atoms with Crippen molar-refractivity contribution in [1.82, 2.24) is 5.32 Å². The molecule has 90 valence electrons. The molecule has 0 radical (unpaired) electrons. The first-order valence-corrected chi connectivity index (χ1v) is 6.22. The molecule has 1 fully saturated rings. The molecular formula is C12H13BrN2O2. The molecule has 17 heavy (non-hydrogen) atoms. The van der Waals surface area contributed by atoms with E-state index < -0.39 is 6.04 Å². The van der Waals surface area contributed by atoms with E-state index in [1.54, 1.807) is 0 Å². The Morgan fingerprint density at radius 2 is 2.29 bits per heavy atom. The number of amides is 2.